The lowest BCUT2D eigenvalue weighted by molar-refractivity contribution is 0.318. The molecule has 0 aliphatic rings. The zero-order chi connectivity index (χ0) is 12.5. The Labute approximate surface area is 106 Å². The number of aromatic nitrogens is 3. The normalized spacial score (nSPS) is 12.1. The number of hydrogen-bond acceptors (Lipinski definition) is 5. The molecule has 0 aliphatic heterocycles. The van der Waals surface area contributed by atoms with E-state index in [0.717, 1.165) is 15.9 Å². The Hall–Kier alpha value is -2.41. The first-order valence-electron chi connectivity index (χ1n) is 5.17. The third-order valence-electron chi connectivity index (χ3n) is 2.56. The highest BCUT2D eigenvalue weighted by Crippen LogP contribution is 2.26. The molecule has 0 fully saturated rings. The van der Waals surface area contributed by atoms with Crippen molar-refractivity contribution < 1.29 is 5.21 Å². The summed E-state index contributed by atoms with van der Waals surface area (Å²) in [6.07, 6.45) is 3.36. The van der Waals surface area contributed by atoms with E-state index in [1.807, 2.05) is 24.3 Å². The number of nitrogens with two attached hydrogens (primary N) is 1. The van der Waals surface area contributed by atoms with Crippen molar-refractivity contribution in [3.8, 4) is 5.00 Å². The largest absolute Gasteiger partial charge is 0.409 e. The summed E-state index contributed by atoms with van der Waals surface area (Å²) < 4.78 is 6.11. The summed E-state index contributed by atoms with van der Waals surface area (Å²) in [6, 6.07) is 7.80. The third-order valence-corrected chi connectivity index (χ3v) is 3.44. The molecule has 3 rings (SSSR count). The van der Waals surface area contributed by atoms with Crippen molar-refractivity contribution in [3.63, 3.8) is 0 Å². The van der Waals surface area contributed by atoms with Crippen molar-refractivity contribution in [1.29, 1.82) is 0 Å². The monoisotopic (exact) mass is 259 g/mol. The molecule has 6 nitrogen and oxygen atoms in total. The van der Waals surface area contributed by atoms with Crippen LogP contribution >= 0.6 is 11.5 Å². The Balaban J connectivity index is 2.24. The molecule has 1 aromatic carbocycles. The second-order valence-corrected chi connectivity index (χ2v) is 4.36. The van der Waals surface area contributed by atoms with Crippen LogP contribution in [-0.2, 0) is 0 Å². The van der Waals surface area contributed by atoms with Gasteiger partial charge in [-0.05, 0) is 23.7 Å². The van der Waals surface area contributed by atoms with Crippen LogP contribution in [0.3, 0.4) is 0 Å². The molecule has 3 aromatic rings. The van der Waals surface area contributed by atoms with E-state index < -0.39 is 0 Å². The first-order chi connectivity index (χ1) is 8.81. The maximum atomic E-state index is 8.74. The van der Waals surface area contributed by atoms with Gasteiger partial charge in [-0.1, -0.05) is 17.3 Å². The summed E-state index contributed by atoms with van der Waals surface area (Å²) in [5, 5.41) is 13.6. The van der Waals surface area contributed by atoms with Crippen LogP contribution in [0.4, 0.5) is 0 Å². The number of rotatable bonds is 2. The Kier molecular flexibility index (Phi) is 2.45. The van der Waals surface area contributed by atoms with Crippen molar-refractivity contribution in [2.24, 2.45) is 10.9 Å². The van der Waals surface area contributed by atoms with E-state index in [2.05, 4.69) is 14.5 Å². The summed E-state index contributed by atoms with van der Waals surface area (Å²) in [4.78, 5) is 4.08. The minimum Gasteiger partial charge on any atom is -0.409 e. The fourth-order valence-corrected chi connectivity index (χ4v) is 2.60. The van der Waals surface area contributed by atoms with Crippen LogP contribution in [-0.4, -0.2) is 25.0 Å². The highest BCUT2D eigenvalue weighted by atomic mass is 32.1. The molecule has 3 N–H and O–H groups in total. The van der Waals surface area contributed by atoms with Crippen molar-refractivity contribution in [2.75, 3.05) is 0 Å². The lowest BCUT2D eigenvalue weighted by Gasteiger charge is -2.03. The number of benzene rings is 1. The van der Waals surface area contributed by atoms with Gasteiger partial charge < -0.3 is 10.9 Å². The molecule has 0 spiro atoms. The molecule has 0 unspecified atom stereocenters. The number of amidine groups is 1. The molecule has 0 saturated heterocycles. The van der Waals surface area contributed by atoms with E-state index in [9.17, 15) is 0 Å². The molecule has 0 saturated carbocycles. The van der Waals surface area contributed by atoms with Crippen LogP contribution in [0.15, 0.2) is 41.8 Å². The fourth-order valence-electron chi connectivity index (χ4n) is 1.75. The molecule has 0 bridgehead atoms. The van der Waals surface area contributed by atoms with Gasteiger partial charge in [0.2, 0.25) is 5.84 Å². The Morgan fingerprint density at radius 3 is 3.06 bits per heavy atom. The zero-order valence-electron chi connectivity index (χ0n) is 9.19. The summed E-state index contributed by atoms with van der Waals surface area (Å²) in [5.74, 6) is 0.365. The predicted molar refractivity (Wildman–Crippen MR) is 69.3 cm³/mol. The van der Waals surface area contributed by atoms with E-state index in [1.165, 1.54) is 11.5 Å². The molecule has 0 aliphatic carbocycles. The highest BCUT2D eigenvalue weighted by Gasteiger charge is 2.14. The lowest BCUT2D eigenvalue weighted by Crippen LogP contribution is -2.18. The Morgan fingerprint density at radius 1 is 1.39 bits per heavy atom. The molecule has 90 valence electrons. The van der Waals surface area contributed by atoms with E-state index in [0.29, 0.717) is 5.82 Å². The number of hydrogen-bond donors (Lipinski definition) is 2. The van der Waals surface area contributed by atoms with Crippen LogP contribution in [0.1, 0.15) is 5.82 Å². The topological polar surface area (TPSA) is 89.3 Å². The quantitative estimate of drug-likeness (QED) is 0.316. The average molecular weight is 259 g/mol. The van der Waals surface area contributed by atoms with Crippen LogP contribution < -0.4 is 5.73 Å². The molecule has 0 amide bonds. The van der Waals surface area contributed by atoms with Gasteiger partial charge in [0.1, 0.15) is 5.00 Å². The number of imidazole rings is 1. The van der Waals surface area contributed by atoms with E-state index >= 15 is 0 Å². The molecule has 0 radical (unpaired) electrons. The summed E-state index contributed by atoms with van der Waals surface area (Å²) in [6.45, 7) is 0. The first kappa shape index (κ1) is 10.7. The van der Waals surface area contributed by atoms with E-state index in [-0.39, 0.29) is 5.84 Å². The summed E-state index contributed by atoms with van der Waals surface area (Å²) in [5.41, 5.74) is 6.50. The van der Waals surface area contributed by atoms with E-state index in [4.69, 9.17) is 10.9 Å². The van der Waals surface area contributed by atoms with Gasteiger partial charge in [0, 0.05) is 17.8 Å². The molecule has 0 atom stereocenters. The molecular formula is C11H9N5OS. The SMILES string of the molecule is NC(=NO)c1nccn1-c1snc2ccccc12. The maximum absolute atomic E-state index is 8.74. The highest BCUT2D eigenvalue weighted by molar-refractivity contribution is 7.10. The van der Waals surface area contributed by atoms with Crippen LogP contribution in [0.2, 0.25) is 0 Å². The summed E-state index contributed by atoms with van der Waals surface area (Å²) in [7, 11) is 0. The van der Waals surface area contributed by atoms with Crippen molar-refractivity contribution in [2.45, 2.75) is 0 Å². The van der Waals surface area contributed by atoms with Gasteiger partial charge in [-0.15, -0.1) is 0 Å². The first-order valence-corrected chi connectivity index (χ1v) is 5.94. The van der Waals surface area contributed by atoms with Gasteiger partial charge in [0.05, 0.1) is 5.52 Å². The van der Waals surface area contributed by atoms with Crippen LogP contribution in [0, 0.1) is 0 Å². The fraction of sp³-hybridized carbons (Fsp3) is 0. The van der Waals surface area contributed by atoms with Crippen molar-refractivity contribution in [1.82, 2.24) is 13.9 Å². The third kappa shape index (κ3) is 1.52. The standard InChI is InChI=1S/C11H9N5OS/c12-9(14-17)10-13-5-6-16(10)11-7-3-1-2-4-8(7)15-18-11/h1-6,17H,(H2,12,14). The number of nitrogens with zero attached hydrogens (tertiary/aromatic N) is 4. The number of fused-ring (bicyclic) bond motifs is 1. The molecular weight excluding hydrogens is 250 g/mol. The van der Waals surface area contributed by atoms with Gasteiger partial charge >= 0.3 is 0 Å². The minimum atomic E-state index is -0.0301. The van der Waals surface area contributed by atoms with Crippen molar-refractivity contribution >= 4 is 28.3 Å². The molecule has 7 heteroatoms. The van der Waals surface area contributed by atoms with Crippen LogP contribution in [0.5, 0.6) is 0 Å². The Bertz CT molecular complexity index is 730. The average Bonchev–Trinajstić information content (AvgIpc) is 3.03. The maximum Gasteiger partial charge on any atom is 0.206 e. The molecule has 2 aromatic heterocycles. The van der Waals surface area contributed by atoms with Gasteiger partial charge in [-0.2, -0.15) is 4.37 Å². The smallest absolute Gasteiger partial charge is 0.206 e. The van der Waals surface area contributed by atoms with Gasteiger partial charge in [-0.3, -0.25) is 4.57 Å². The predicted octanol–water partition coefficient (Wildman–Crippen LogP) is 1.58. The molecule has 18 heavy (non-hydrogen) atoms. The second kappa shape index (κ2) is 4.11. The van der Waals surface area contributed by atoms with Crippen LogP contribution in [0.25, 0.3) is 15.9 Å². The van der Waals surface area contributed by atoms with E-state index in [1.54, 1.807) is 17.0 Å². The second-order valence-electron chi connectivity index (χ2n) is 3.61. The molecule has 2 heterocycles. The van der Waals surface area contributed by atoms with Gasteiger partial charge in [0.15, 0.2) is 5.82 Å². The van der Waals surface area contributed by atoms with Crippen molar-refractivity contribution in [3.05, 3.63) is 42.5 Å². The number of oxime groups is 1. The van der Waals surface area contributed by atoms with Gasteiger partial charge in [-0.25, -0.2) is 4.98 Å². The van der Waals surface area contributed by atoms with Gasteiger partial charge in [0.25, 0.3) is 0 Å². The lowest BCUT2D eigenvalue weighted by atomic mass is 10.2. The minimum absolute atomic E-state index is 0.0301. The Morgan fingerprint density at radius 2 is 2.22 bits per heavy atom. The zero-order valence-corrected chi connectivity index (χ0v) is 10.0. The summed E-state index contributed by atoms with van der Waals surface area (Å²) >= 11 is 1.34.